The summed E-state index contributed by atoms with van der Waals surface area (Å²) in [7, 11) is 0. The van der Waals surface area contributed by atoms with Gasteiger partial charge in [-0.1, -0.05) is 49.4 Å². The molecule has 1 atom stereocenters. The van der Waals surface area contributed by atoms with Crippen molar-refractivity contribution < 1.29 is 9.90 Å². The minimum Gasteiger partial charge on any atom is -0.506 e. The van der Waals surface area contributed by atoms with Crippen LogP contribution < -0.4 is 5.32 Å². The van der Waals surface area contributed by atoms with Crippen molar-refractivity contribution in [2.45, 2.75) is 57.2 Å². The number of hydrogen-bond donors (Lipinski definition) is 2. The van der Waals surface area contributed by atoms with E-state index in [9.17, 15) is 9.90 Å². The van der Waals surface area contributed by atoms with Crippen LogP contribution in [0.4, 0.5) is 0 Å². The van der Waals surface area contributed by atoms with E-state index in [1.807, 2.05) is 11.8 Å². The average molecular weight is 357 g/mol. The number of rotatable bonds is 3. The zero-order chi connectivity index (χ0) is 16.6. The van der Waals surface area contributed by atoms with Gasteiger partial charge in [0.1, 0.15) is 11.9 Å². The van der Waals surface area contributed by atoms with Gasteiger partial charge >= 0.3 is 0 Å². The van der Waals surface area contributed by atoms with Gasteiger partial charge in [-0.2, -0.15) is 0 Å². The normalized spacial score (nSPS) is 23.7. The molecule has 4 nitrogen and oxygen atoms in total. The van der Waals surface area contributed by atoms with Gasteiger partial charge in [0.05, 0.1) is 10.6 Å². The molecule has 0 radical (unpaired) electrons. The first-order valence-corrected chi connectivity index (χ1v) is 9.01. The Balaban J connectivity index is 2.01. The maximum atomic E-state index is 13.1. The number of carbonyl (C=O) groups is 1. The quantitative estimate of drug-likeness (QED) is 0.851. The third kappa shape index (κ3) is 2.92. The van der Waals surface area contributed by atoms with E-state index in [0.717, 1.165) is 32.1 Å². The fourth-order valence-corrected chi connectivity index (χ4v) is 4.33. The Morgan fingerprint density at radius 3 is 2.65 bits per heavy atom. The van der Waals surface area contributed by atoms with Gasteiger partial charge in [-0.3, -0.25) is 10.1 Å². The smallest absolute Gasteiger partial charge is 0.244 e. The maximum absolute atomic E-state index is 13.1. The first-order chi connectivity index (χ1) is 11.0. The first kappa shape index (κ1) is 16.9. The fraction of sp³-hybridized carbons (Fsp3) is 0.588. The number of phenolic OH excluding ortho intramolecular Hbond substituents is 1. The zero-order valence-electron chi connectivity index (χ0n) is 13.2. The summed E-state index contributed by atoms with van der Waals surface area (Å²) in [4.78, 5) is 14.9. The summed E-state index contributed by atoms with van der Waals surface area (Å²) in [6.07, 6.45) is 5.44. The van der Waals surface area contributed by atoms with Gasteiger partial charge in [0, 0.05) is 17.1 Å². The van der Waals surface area contributed by atoms with E-state index in [-0.39, 0.29) is 22.8 Å². The summed E-state index contributed by atoms with van der Waals surface area (Å²) in [6, 6.07) is 3.21. The highest BCUT2D eigenvalue weighted by Gasteiger charge is 2.51. The van der Waals surface area contributed by atoms with Crippen molar-refractivity contribution in [3.05, 3.63) is 27.7 Å². The summed E-state index contributed by atoms with van der Waals surface area (Å²) in [5.74, 6) is 0.134. The zero-order valence-corrected chi connectivity index (χ0v) is 14.8. The highest BCUT2D eigenvalue weighted by molar-refractivity contribution is 6.35. The van der Waals surface area contributed by atoms with E-state index in [2.05, 4.69) is 5.32 Å². The van der Waals surface area contributed by atoms with Crippen molar-refractivity contribution in [1.29, 1.82) is 0 Å². The summed E-state index contributed by atoms with van der Waals surface area (Å²) >= 11 is 12.2. The van der Waals surface area contributed by atoms with Gasteiger partial charge in [-0.25, -0.2) is 0 Å². The highest BCUT2D eigenvalue weighted by Crippen LogP contribution is 2.43. The Bertz CT molecular complexity index is 615. The van der Waals surface area contributed by atoms with Gasteiger partial charge in [0.15, 0.2) is 0 Å². The number of aromatic hydroxyl groups is 1. The van der Waals surface area contributed by atoms with Gasteiger partial charge in [-0.05, 0) is 31.4 Å². The molecule has 1 saturated carbocycles. The van der Waals surface area contributed by atoms with Gasteiger partial charge < -0.3 is 10.0 Å². The van der Waals surface area contributed by atoms with Crippen LogP contribution in [-0.2, 0) is 4.79 Å². The van der Waals surface area contributed by atoms with E-state index in [4.69, 9.17) is 23.2 Å². The predicted octanol–water partition coefficient (Wildman–Crippen LogP) is 4.24. The first-order valence-electron chi connectivity index (χ1n) is 8.25. The number of phenols is 1. The largest absolute Gasteiger partial charge is 0.506 e. The van der Waals surface area contributed by atoms with Crippen LogP contribution in [0.5, 0.6) is 5.75 Å². The minimum absolute atomic E-state index is 0.00432. The van der Waals surface area contributed by atoms with Crippen LogP contribution in [0.25, 0.3) is 0 Å². The van der Waals surface area contributed by atoms with Crippen LogP contribution in [0.2, 0.25) is 10.0 Å². The molecule has 2 N–H and O–H groups in total. The van der Waals surface area contributed by atoms with Crippen molar-refractivity contribution in [3.8, 4) is 5.75 Å². The Kier molecular flexibility index (Phi) is 4.77. The fourth-order valence-electron chi connectivity index (χ4n) is 3.82. The molecule has 0 aromatic heterocycles. The molecule has 1 aromatic carbocycles. The molecule has 23 heavy (non-hydrogen) atoms. The van der Waals surface area contributed by atoms with Gasteiger partial charge in [0.2, 0.25) is 5.91 Å². The minimum atomic E-state index is -0.501. The Labute approximate surface area is 146 Å². The highest BCUT2D eigenvalue weighted by atomic mass is 35.5. The second kappa shape index (κ2) is 6.50. The molecule has 1 heterocycles. The molecular formula is C17H22Cl2N2O2. The van der Waals surface area contributed by atoms with Gasteiger partial charge in [0.25, 0.3) is 0 Å². The van der Waals surface area contributed by atoms with Crippen molar-refractivity contribution in [2.75, 3.05) is 6.54 Å². The Hall–Kier alpha value is -0.970. The standard InChI is InChI=1S/C17H22Cl2N2O2/c1-2-8-21-15(12-9-11(18)10-13(19)14(12)22)20-17(16(21)23)6-4-3-5-7-17/h9-10,15,20,22H,2-8H2,1H3/t15-/m1/s1. The molecule has 1 amide bonds. The van der Waals surface area contributed by atoms with Crippen molar-refractivity contribution in [3.63, 3.8) is 0 Å². The second-order valence-corrected chi connectivity index (χ2v) is 7.36. The average Bonchev–Trinajstić information content (AvgIpc) is 2.78. The van der Waals surface area contributed by atoms with Crippen LogP contribution in [-0.4, -0.2) is 28.0 Å². The number of nitrogens with zero attached hydrogens (tertiary/aromatic N) is 1. The molecule has 0 bridgehead atoms. The van der Waals surface area contributed by atoms with E-state index >= 15 is 0 Å². The van der Waals surface area contributed by atoms with E-state index < -0.39 is 5.54 Å². The van der Waals surface area contributed by atoms with Crippen LogP contribution in [0, 0.1) is 0 Å². The summed E-state index contributed by atoms with van der Waals surface area (Å²) in [5.41, 5.74) is 0.0750. The lowest BCUT2D eigenvalue weighted by Gasteiger charge is -2.31. The van der Waals surface area contributed by atoms with Crippen molar-refractivity contribution >= 4 is 29.1 Å². The molecule has 1 saturated heterocycles. The molecule has 0 unspecified atom stereocenters. The lowest BCUT2D eigenvalue weighted by molar-refractivity contribution is -0.134. The number of benzene rings is 1. The van der Waals surface area contributed by atoms with Crippen LogP contribution in [0.3, 0.4) is 0 Å². The topological polar surface area (TPSA) is 52.6 Å². The lowest BCUT2D eigenvalue weighted by atomic mass is 9.81. The summed E-state index contributed by atoms with van der Waals surface area (Å²) in [6.45, 7) is 2.68. The van der Waals surface area contributed by atoms with E-state index in [0.29, 0.717) is 17.1 Å². The molecule has 1 spiro atoms. The number of amides is 1. The lowest BCUT2D eigenvalue weighted by Crippen LogP contribution is -2.48. The molecule has 2 fully saturated rings. The molecular weight excluding hydrogens is 335 g/mol. The van der Waals surface area contributed by atoms with Crippen LogP contribution >= 0.6 is 23.2 Å². The summed E-state index contributed by atoms with van der Waals surface area (Å²) in [5, 5.41) is 14.5. The SMILES string of the molecule is CCCN1C(=O)C2(CCCCC2)N[C@H]1c1cc(Cl)cc(Cl)c1O. The third-order valence-corrected chi connectivity index (χ3v) is 5.43. The summed E-state index contributed by atoms with van der Waals surface area (Å²) < 4.78 is 0. The number of halogens is 2. The molecule has 1 aromatic rings. The van der Waals surface area contributed by atoms with Crippen LogP contribution in [0.15, 0.2) is 12.1 Å². The van der Waals surface area contributed by atoms with Crippen molar-refractivity contribution in [2.24, 2.45) is 0 Å². The molecule has 3 rings (SSSR count). The molecule has 1 aliphatic heterocycles. The predicted molar refractivity (Wildman–Crippen MR) is 91.8 cm³/mol. The van der Waals surface area contributed by atoms with Gasteiger partial charge in [-0.15, -0.1) is 0 Å². The molecule has 2 aliphatic rings. The maximum Gasteiger partial charge on any atom is 0.244 e. The molecule has 1 aliphatic carbocycles. The molecule has 6 heteroatoms. The second-order valence-electron chi connectivity index (χ2n) is 6.51. The molecule has 126 valence electrons. The van der Waals surface area contributed by atoms with E-state index in [1.165, 1.54) is 12.5 Å². The van der Waals surface area contributed by atoms with Crippen molar-refractivity contribution in [1.82, 2.24) is 10.2 Å². The number of hydrogen-bond acceptors (Lipinski definition) is 3. The Morgan fingerprint density at radius 1 is 1.30 bits per heavy atom. The number of nitrogens with one attached hydrogen (secondary N) is 1. The van der Waals surface area contributed by atoms with Crippen LogP contribution in [0.1, 0.15) is 57.2 Å². The Morgan fingerprint density at radius 2 is 2.00 bits per heavy atom. The monoisotopic (exact) mass is 356 g/mol. The third-order valence-electron chi connectivity index (χ3n) is 4.92. The number of carbonyl (C=O) groups excluding carboxylic acids is 1. The van der Waals surface area contributed by atoms with E-state index in [1.54, 1.807) is 6.07 Å².